The molecule has 1 saturated heterocycles. The summed E-state index contributed by atoms with van der Waals surface area (Å²) in [5.41, 5.74) is 2.44. The summed E-state index contributed by atoms with van der Waals surface area (Å²) in [7, 11) is 3.20. The second-order valence-corrected chi connectivity index (χ2v) is 7.56. The van der Waals surface area contributed by atoms with Crippen LogP contribution in [0.1, 0.15) is 24.1 Å². The Balaban J connectivity index is 1.63. The van der Waals surface area contributed by atoms with Crippen LogP contribution in [0.2, 0.25) is 0 Å². The lowest BCUT2D eigenvalue weighted by molar-refractivity contribution is 0.0114. The molecule has 3 aromatic rings. The Bertz CT molecular complexity index is 1020. The highest BCUT2D eigenvalue weighted by atomic mass is 19.1. The first kappa shape index (κ1) is 19.5. The van der Waals surface area contributed by atoms with Gasteiger partial charge < -0.3 is 19.5 Å². The summed E-state index contributed by atoms with van der Waals surface area (Å²) in [4.78, 5) is 6.71. The predicted molar refractivity (Wildman–Crippen MR) is 111 cm³/mol. The number of methoxy groups -OCH3 is 2. The van der Waals surface area contributed by atoms with E-state index in [1.807, 2.05) is 25.1 Å². The number of rotatable bonds is 4. The van der Waals surface area contributed by atoms with Crippen LogP contribution in [-0.4, -0.2) is 37.4 Å². The van der Waals surface area contributed by atoms with Gasteiger partial charge in [0.1, 0.15) is 17.3 Å². The molecule has 0 saturated carbocycles. The van der Waals surface area contributed by atoms with Crippen molar-refractivity contribution < 1.29 is 19.0 Å². The molecule has 2 aromatic carbocycles. The smallest absolute Gasteiger partial charge is 0.124 e. The predicted octanol–water partition coefficient (Wildman–Crippen LogP) is 4.19. The van der Waals surface area contributed by atoms with Crippen molar-refractivity contribution in [3.05, 3.63) is 59.5 Å². The van der Waals surface area contributed by atoms with Crippen molar-refractivity contribution in [3.8, 4) is 11.5 Å². The number of hydrogen-bond donors (Lipinski definition) is 1. The van der Waals surface area contributed by atoms with E-state index in [9.17, 15) is 9.50 Å². The Morgan fingerprint density at radius 1 is 1.00 bits per heavy atom. The standard InChI is InChI=1S/C23H25FN2O3/c1-15-10-22(20-13-17(24)4-5-21(20)25-15)26-8-6-23(27,7-9-26)16-11-18(28-2)14-19(12-16)29-3/h4-5,10-14,27H,6-9H2,1-3H3. The number of benzene rings is 2. The Morgan fingerprint density at radius 2 is 1.66 bits per heavy atom. The van der Waals surface area contributed by atoms with Crippen LogP contribution in [0.25, 0.3) is 10.9 Å². The maximum atomic E-state index is 13.9. The normalized spacial score (nSPS) is 16.1. The second kappa shape index (κ2) is 7.52. The number of aromatic nitrogens is 1. The minimum absolute atomic E-state index is 0.276. The zero-order chi connectivity index (χ0) is 20.6. The van der Waals surface area contributed by atoms with Gasteiger partial charge in [0.05, 0.1) is 25.3 Å². The molecule has 2 heterocycles. The monoisotopic (exact) mass is 396 g/mol. The number of pyridine rings is 1. The van der Waals surface area contributed by atoms with Gasteiger partial charge in [-0.1, -0.05) is 0 Å². The molecular formula is C23H25FN2O3. The van der Waals surface area contributed by atoms with E-state index in [2.05, 4.69) is 9.88 Å². The van der Waals surface area contributed by atoms with Gasteiger partial charge in [-0.05, 0) is 61.7 Å². The van der Waals surface area contributed by atoms with E-state index in [-0.39, 0.29) is 5.82 Å². The van der Waals surface area contributed by atoms with Gasteiger partial charge in [-0.3, -0.25) is 4.98 Å². The SMILES string of the molecule is COc1cc(OC)cc(C2(O)CCN(c3cc(C)nc4ccc(F)cc34)CC2)c1. The van der Waals surface area contributed by atoms with Crippen molar-refractivity contribution in [3.63, 3.8) is 0 Å². The van der Waals surface area contributed by atoms with Crippen LogP contribution >= 0.6 is 0 Å². The van der Waals surface area contributed by atoms with Gasteiger partial charge in [-0.15, -0.1) is 0 Å². The van der Waals surface area contributed by atoms with Crippen molar-refractivity contribution in [2.45, 2.75) is 25.4 Å². The van der Waals surface area contributed by atoms with Crippen molar-refractivity contribution in [1.82, 2.24) is 4.98 Å². The van der Waals surface area contributed by atoms with Crippen molar-refractivity contribution in [1.29, 1.82) is 0 Å². The molecular weight excluding hydrogens is 371 g/mol. The van der Waals surface area contributed by atoms with Gasteiger partial charge in [0, 0.05) is 35.9 Å². The van der Waals surface area contributed by atoms with Gasteiger partial charge in [0.25, 0.3) is 0 Å². The Hall–Kier alpha value is -2.86. The molecule has 1 aliphatic heterocycles. The van der Waals surface area contributed by atoms with E-state index in [0.717, 1.165) is 27.8 Å². The van der Waals surface area contributed by atoms with Crippen LogP contribution < -0.4 is 14.4 Å². The molecule has 0 unspecified atom stereocenters. The van der Waals surface area contributed by atoms with Crippen molar-refractivity contribution in [2.75, 3.05) is 32.2 Å². The summed E-state index contributed by atoms with van der Waals surface area (Å²) in [6.07, 6.45) is 1.09. The number of piperidine rings is 1. The third-order valence-corrected chi connectivity index (χ3v) is 5.70. The van der Waals surface area contributed by atoms with Crippen LogP contribution in [0, 0.1) is 12.7 Å². The molecule has 1 aromatic heterocycles. The number of hydrogen-bond acceptors (Lipinski definition) is 5. The maximum absolute atomic E-state index is 13.9. The van der Waals surface area contributed by atoms with Crippen LogP contribution in [0.4, 0.5) is 10.1 Å². The topological polar surface area (TPSA) is 54.8 Å². The van der Waals surface area contributed by atoms with E-state index in [4.69, 9.17) is 9.47 Å². The fourth-order valence-corrected chi connectivity index (χ4v) is 4.05. The lowest BCUT2D eigenvalue weighted by atomic mass is 9.84. The molecule has 5 nitrogen and oxygen atoms in total. The molecule has 0 radical (unpaired) electrons. The highest BCUT2D eigenvalue weighted by molar-refractivity contribution is 5.92. The Kier molecular flexibility index (Phi) is 5.04. The number of nitrogens with zero attached hydrogens (tertiary/aromatic N) is 2. The van der Waals surface area contributed by atoms with Crippen LogP contribution in [0.3, 0.4) is 0 Å². The van der Waals surface area contributed by atoms with Crippen molar-refractivity contribution >= 4 is 16.6 Å². The van der Waals surface area contributed by atoms with E-state index in [1.165, 1.54) is 12.1 Å². The molecule has 4 rings (SSSR count). The number of ether oxygens (including phenoxy) is 2. The molecule has 1 fully saturated rings. The molecule has 0 spiro atoms. The molecule has 0 bridgehead atoms. The largest absolute Gasteiger partial charge is 0.497 e. The fourth-order valence-electron chi connectivity index (χ4n) is 4.05. The Morgan fingerprint density at radius 3 is 2.28 bits per heavy atom. The second-order valence-electron chi connectivity index (χ2n) is 7.56. The van der Waals surface area contributed by atoms with Crippen molar-refractivity contribution in [2.24, 2.45) is 0 Å². The summed E-state index contributed by atoms with van der Waals surface area (Å²) in [5.74, 6) is 1.03. The number of aliphatic hydroxyl groups is 1. The Labute approximate surface area is 169 Å². The fraction of sp³-hybridized carbons (Fsp3) is 0.348. The minimum Gasteiger partial charge on any atom is -0.497 e. The number of anilines is 1. The zero-order valence-corrected chi connectivity index (χ0v) is 16.9. The third kappa shape index (κ3) is 3.72. The van der Waals surface area contributed by atoms with Crippen LogP contribution in [0.15, 0.2) is 42.5 Å². The summed E-state index contributed by atoms with van der Waals surface area (Å²) < 4.78 is 24.6. The minimum atomic E-state index is -0.971. The third-order valence-electron chi connectivity index (χ3n) is 5.70. The molecule has 1 aliphatic rings. The molecule has 152 valence electrons. The van der Waals surface area contributed by atoms with Gasteiger partial charge in [0.2, 0.25) is 0 Å². The quantitative estimate of drug-likeness (QED) is 0.717. The summed E-state index contributed by atoms with van der Waals surface area (Å²) in [6.45, 7) is 3.23. The van der Waals surface area contributed by atoms with E-state index >= 15 is 0 Å². The molecule has 0 aliphatic carbocycles. The lowest BCUT2D eigenvalue weighted by Crippen LogP contribution is -2.42. The number of aryl methyl sites for hydroxylation is 1. The van der Waals surface area contributed by atoms with E-state index in [1.54, 1.807) is 26.4 Å². The van der Waals surface area contributed by atoms with Crippen LogP contribution in [0.5, 0.6) is 11.5 Å². The number of fused-ring (bicyclic) bond motifs is 1. The molecule has 0 amide bonds. The average Bonchev–Trinajstić information content (AvgIpc) is 2.73. The van der Waals surface area contributed by atoms with Gasteiger partial charge >= 0.3 is 0 Å². The first-order valence-corrected chi connectivity index (χ1v) is 9.70. The highest BCUT2D eigenvalue weighted by Crippen LogP contribution is 2.39. The summed E-state index contributed by atoms with van der Waals surface area (Å²) in [6, 6.07) is 12.2. The average molecular weight is 396 g/mol. The van der Waals surface area contributed by atoms with Gasteiger partial charge in [-0.2, -0.15) is 0 Å². The van der Waals surface area contributed by atoms with Crippen LogP contribution in [-0.2, 0) is 5.60 Å². The molecule has 1 N–H and O–H groups in total. The summed E-state index contributed by atoms with van der Waals surface area (Å²) in [5, 5.41) is 12.1. The maximum Gasteiger partial charge on any atom is 0.124 e. The van der Waals surface area contributed by atoms with Gasteiger partial charge in [0.15, 0.2) is 0 Å². The van der Waals surface area contributed by atoms with E-state index < -0.39 is 5.60 Å². The highest BCUT2D eigenvalue weighted by Gasteiger charge is 2.35. The first-order chi connectivity index (χ1) is 13.9. The lowest BCUT2D eigenvalue weighted by Gasteiger charge is -2.40. The molecule has 6 heteroatoms. The number of halogens is 1. The van der Waals surface area contributed by atoms with Gasteiger partial charge in [-0.25, -0.2) is 4.39 Å². The van der Waals surface area contributed by atoms with E-state index in [0.29, 0.717) is 37.4 Å². The molecule has 0 atom stereocenters. The zero-order valence-electron chi connectivity index (χ0n) is 16.9. The summed E-state index contributed by atoms with van der Waals surface area (Å²) >= 11 is 0. The first-order valence-electron chi connectivity index (χ1n) is 9.70. The molecule has 29 heavy (non-hydrogen) atoms.